The number of aliphatic imine (C=N–C) groups is 1. The van der Waals surface area contributed by atoms with E-state index in [4.69, 9.17) is 4.74 Å². The van der Waals surface area contributed by atoms with Crippen LogP contribution in [0.15, 0.2) is 40.5 Å². The van der Waals surface area contributed by atoms with Crippen LogP contribution in [-0.4, -0.2) is 47.9 Å². The quantitative estimate of drug-likeness (QED) is 0.462. The summed E-state index contributed by atoms with van der Waals surface area (Å²) in [5, 5.41) is 20.8. The second-order valence-electron chi connectivity index (χ2n) is 5.64. The van der Waals surface area contributed by atoms with Gasteiger partial charge >= 0.3 is 17.9 Å². The first kappa shape index (κ1) is 19.8. The molecule has 0 saturated carbocycles. The number of hydrogen-bond donors (Lipinski definition) is 1. The van der Waals surface area contributed by atoms with E-state index < -0.39 is 45.9 Å². The smallest absolute Gasteiger partial charge is 0.357 e. The number of carboxylic acid groups (broad SMARTS) is 1. The maximum atomic E-state index is 12.3. The van der Waals surface area contributed by atoms with E-state index in [0.29, 0.717) is 0 Å². The third-order valence-corrected chi connectivity index (χ3v) is 4.14. The zero-order valence-electron chi connectivity index (χ0n) is 14.7. The number of hydrogen-bond acceptors (Lipinski definition) is 8. The van der Waals surface area contributed by atoms with Gasteiger partial charge in [-0.05, 0) is 12.5 Å². The SMILES string of the molecule is COC(=O)C1=C(C(=O)O)[C@H](c2cccc([N+](=O)[O-])c2)C(C(=O)OC)C(C)=N1. The van der Waals surface area contributed by atoms with Gasteiger partial charge in [0, 0.05) is 23.8 Å². The first-order valence-corrected chi connectivity index (χ1v) is 7.66. The van der Waals surface area contributed by atoms with Gasteiger partial charge in [0.1, 0.15) is 5.92 Å². The average molecular weight is 376 g/mol. The van der Waals surface area contributed by atoms with Crippen molar-refractivity contribution in [2.24, 2.45) is 10.9 Å². The fourth-order valence-electron chi connectivity index (χ4n) is 2.97. The third-order valence-electron chi connectivity index (χ3n) is 4.14. The molecular formula is C17H16N2O8. The third kappa shape index (κ3) is 3.68. The highest BCUT2D eigenvalue weighted by atomic mass is 16.6. The Morgan fingerprint density at radius 3 is 2.41 bits per heavy atom. The number of nitro benzene ring substituents is 1. The molecule has 0 fully saturated rings. The van der Waals surface area contributed by atoms with Crippen molar-refractivity contribution in [1.29, 1.82) is 0 Å². The summed E-state index contributed by atoms with van der Waals surface area (Å²) in [6, 6.07) is 5.17. The Kier molecular flexibility index (Phi) is 5.69. The van der Waals surface area contributed by atoms with Gasteiger partial charge in [0.25, 0.3) is 5.69 Å². The fourth-order valence-corrected chi connectivity index (χ4v) is 2.97. The number of methoxy groups -OCH3 is 2. The van der Waals surface area contributed by atoms with E-state index in [0.717, 1.165) is 20.3 Å². The van der Waals surface area contributed by atoms with Crippen LogP contribution in [0.4, 0.5) is 5.69 Å². The first-order chi connectivity index (χ1) is 12.7. The number of carboxylic acids is 1. The maximum Gasteiger partial charge on any atom is 0.357 e. The standard InChI is InChI=1S/C17H16N2O8/c1-8-11(16(22)26-2)12(9-5-4-6-10(7-9)19(24)25)13(15(20)21)14(18-8)17(23)27-3/h4-7,11-12H,1-3H3,(H,20,21)/t11?,12-/m1/s1. The number of ether oxygens (including phenoxy) is 2. The number of rotatable bonds is 5. The monoisotopic (exact) mass is 376 g/mol. The number of nitrogens with zero attached hydrogens (tertiary/aromatic N) is 2. The molecule has 1 heterocycles. The van der Waals surface area contributed by atoms with Crippen LogP contribution >= 0.6 is 0 Å². The Labute approximate surface area is 153 Å². The van der Waals surface area contributed by atoms with Gasteiger partial charge in [-0.1, -0.05) is 12.1 Å². The van der Waals surface area contributed by atoms with Gasteiger partial charge in [0.05, 0.1) is 24.7 Å². The Hall–Kier alpha value is -3.56. The molecule has 10 nitrogen and oxygen atoms in total. The Morgan fingerprint density at radius 1 is 1.22 bits per heavy atom. The van der Waals surface area contributed by atoms with Crippen molar-refractivity contribution < 1.29 is 33.9 Å². The number of carbonyl (C=O) groups excluding carboxylic acids is 2. The molecular weight excluding hydrogens is 360 g/mol. The van der Waals surface area contributed by atoms with Gasteiger partial charge in [-0.15, -0.1) is 0 Å². The zero-order chi connectivity index (χ0) is 20.3. The maximum absolute atomic E-state index is 12.3. The average Bonchev–Trinajstić information content (AvgIpc) is 2.65. The number of carbonyl (C=O) groups is 3. The lowest BCUT2D eigenvalue weighted by molar-refractivity contribution is -0.384. The molecule has 0 saturated heterocycles. The van der Waals surface area contributed by atoms with E-state index in [1.54, 1.807) is 0 Å². The van der Waals surface area contributed by atoms with Crippen LogP contribution in [-0.2, 0) is 23.9 Å². The van der Waals surface area contributed by atoms with Gasteiger partial charge < -0.3 is 14.6 Å². The normalized spacial score (nSPS) is 19.1. The van der Waals surface area contributed by atoms with Gasteiger partial charge in [0.2, 0.25) is 0 Å². The molecule has 1 N–H and O–H groups in total. The van der Waals surface area contributed by atoms with E-state index in [-0.39, 0.29) is 17.0 Å². The van der Waals surface area contributed by atoms with E-state index >= 15 is 0 Å². The van der Waals surface area contributed by atoms with E-state index in [1.807, 2.05) is 0 Å². The summed E-state index contributed by atoms with van der Waals surface area (Å²) in [5.74, 6) is -5.67. The van der Waals surface area contributed by atoms with Crippen molar-refractivity contribution in [3.8, 4) is 0 Å². The second-order valence-corrected chi connectivity index (χ2v) is 5.64. The minimum Gasteiger partial charge on any atom is -0.478 e. The number of aliphatic carboxylic acids is 1. The molecule has 2 atom stereocenters. The predicted molar refractivity (Wildman–Crippen MR) is 91.1 cm³/mol. The molecule has 27 heavy (non-hydrogen) atoms. The van der Waals surface area contributed by atoms with Crippen LogP contribution in [0.25, 0.3) is 0 Å². The highest BCUT2D eigenvalue weighted by Crippen LogP contribution is 2.40. The summed E-state index contributed by atoms with van der Waals surface area (Å²) in [6.07, 6.45) is 0. The van der Waals surface area contributed by atoms with E-state index in [2.05, 4.69) is 9.73 Å². The van der Waals surface area contributed by atoms with Crippen LogP contribution in [0.5, 0.6) is 0 Å². The van der Waals surface area contributed by atoms with Gasteiger partial charge in [-0.25, -0.2) is 14.6 Å². The van der Waals surface area contributed by atoms with Gasteiger partial charge in [0.15, 0.2) is 5.70 Å². The highest BCUT2D eigenvalue weighted by Gasteiger charge is 2.44. The number of non-ortho nitro benzene ring substituents is 1. The van der Waals surface area contributed by atoms with Crippen molar-refractivity contribution >= 4 is 29.3 Å². The highest BCUT2D eigenvalue weighted by molar-refractivity contribution is 6.11. The van der Waals surface area contributed by atoms with Crippen molar-refractivity contribution in [3.63, 3.8) is 0 Å². The fraction of sp³-hybridized carbons (Fsp3) is 0.294. The van der Waals surface area contributed by atoms with Crippen molar-refractivity contribution in [3.05, 3.63) is 51.2 Å². The molecule has 0 aliphatic carbocycles. The van der Waals surface area contributed by atoms with E-state index in [9.17, 15) is 29.6 Å². The second kappa shape index (κ2) is 7.77. The Balaban J connectivity index is 2.81. The molecule has 0 aromatic heterocycles. The lowest BCUT2D eigenvalue weighted by atomic mass is 9.75. The molecule has 0 bridgehead atoms. The molecule has 1 aliphatic rings. The molecule has 10 heteroatoms. The molecule has 1 unspecified atom stereocenters. The lowest BCUT2D eigenvalue weighted by Crippen LogP contribution is -2.37. The van der Waals surface area contributed by atoms with Crippen molar-refractivity contribution in [2.75, 3.05) is 14.2 Å². The minimum absolute atomic E-state index is 0.128. The lowest BCUT2D eigenvalue weighted by Gasteiger charge is -2.30. The number of nitro groups is 1. The van der Waals surface area contributed by atoms with Crippen LogP contribution in [0, 0.1) is 16.0 Å². The number of benzene rings is 1. The molecule has 0 spiro atoms. The molecule has 2 rings (SSSR count). The molecule has 142 valence electrons. The van der Waals surface area contributed by atoms with Crippen LogP contribution in [0.1, 0.15) is 18.4 Å². The Bertz CT molecular complexity index is 887. The van der Waals surface area contributed by atoms with Gasteiger partial charge in [-0.3, -0.25) is 14.9 Å². The molecule has 1 aromatic carbocycles. The first-order valence-electron chi connectivity index (χ1n) is 7.66. The molecule has 1 aromatic rings. The number of esters is 2. The topological polar surface area (TPSA) is 145 Å². The van der Waals surface area contributed by atoms with Crippen LogP contribution in [0.2, 0.25) is 0 Å². The van der Waals surface area contributed by atoms with Crippen molar-refractivity contribution in [2.45, 2.75) is 12.8 Å². The summed E-state index contributed by atoms with van der Waals surface area (Å²) in [5.41, 5.74) is -0.973. The molecule has 1 aliphatic heterocycles. The largest absolute Gasteiger partial charge is 0.478 e. The predicted octanol–water partition coefficient (Wildman–Crippen LogP) is 1.45. The minimum atomic E-state index is -1.50. The Morgan fingerprint density at radius 2 is 1.89 bits per heavy atom. The van der Waals surface area contributed by atoms with Crippen LogP contribution in [0.3, 0.4) is 0 Å². The summed E-state index contributed by atoms with van der Waals surface area (Å²) in [6.45, 7) is 1.44. The zero-order valence-corrected chi connectivity index (χ0v) is 14.7. The summed E-state index contributed by atoms with van der Waals surface area (Å²) in [7, 11) is 2.19. The van der Waals surface area contributed by atoms with Crippen LogP contribution < -0.4 is 0 Å². The van der Waals surface area contributed by atoms with Crippen molar-refractivity contribution in [1.82, 2.24) is 0 Å². The molecule has 0 radical (unpaired) electrons. The molecule has 0 amide bonds. The van der Waals surface area contributed by atoms with Gasteiger partial charge in [-0.2, -0.15) is 0 Å². The summed E-state index contributed by atoms with van der Waals surface area (Å²) in [4.78, 5) is 50.7. The summed E-state index contributed by atoms with van der Waals surface area (Å²) < 4.78 is 9.35. The van der Waals surface area contributed by atoms with E-state index in [1.165, 1.54) is 25.1 Å². The summed E-state index contributed by atoms with van der Waals surface area (Å²) >= 11 is 0.